The highest BCUT2D eigenvalue weighted by molar-refractivity contribution is 5.78. The van der Waals surface area contributed by atoms with Crippen LogP contribution in [-0.4, -0.2) is 34.2 Å². The molecule has 0 N–H and O–H groups in total. The van der Waals surface area contributed by atoms with Gasteiger partial charge in [0.05, 0.1) is 13.7 Å². The predicted molar refractivity (Wildman–Crippen MR) is 76.6 cm³/mol. The Kier molecular flexibility index (Phi) is 4.72. The van der Waals surface area contributed by atoms with E-state index in [1.807, 2.05) is 0 Å². The molecule has 0 spiro atoms. The molecule has 0 bridgehead atoms. The highest BCUT2D eigenvalue weighted by Crippen LogP contribution is 2.25. The fourth-order valence-corrected chi connectivity index (χ4v) is 2.02. The number of carbonyl (C=O) groups excluding carboxylic acids is 1. The van der Waals surface area contributed by atoms with E-state index in [4.69, 9.17) is 9.47 Å². The Morgan fingerprint density at radius 3 is 2.86 bits per heavy atom. The van der Waals surface area contributed by atoms with Crippen LogP contribution >= 0.6 is 0 Å². The molecule has 1 aromatic heterocycles. The molecule has 0 radical (unpaired) electrons. The van der Waals surface area contributed by atoms with Crippen molar-refractivity contribution in [1.29, 1.82) is 0 Å². The third-order valence-electron chi connectivity index (χ3n) is 2.99. The molecule has 8 nitrogen and oxygen atoms in total. The first-order valence-corrected chi connectivity index (χ1v) is 6.55. The van der Waals surface area contributed by atoms with E-state index in [0.717, 1.165) is 0 Å². The van der Waals surface area contributed by atoms with E-state index >= 15 is 0 Å². The summed E-state index contributed by atoms with van der Waals surface area (Å²) in [5.74, 6) is -0.290. The van der Waals surface area contributed by atoms with Crippen molar-refractivity contribution in [3.63, 3.8) is 0 Å². The molecule has 0 saturated heterocycles. The van der Waals surface area contributed by atoms with E-state index in [9.17, 15) is 14.9 Å². The minimum Gasteiger partial charge on any atom is -0.497 e. The number of benzene rings is 1. The lowest BCUT2D eigenvalue weighted by Gasteiger charge is -2.16. The summed E-state index contributed by atoms with van der Waals surface area (Å²) in [6.45, 7) is 1.90. The van der Waals surface area contributed by atoms with Crippen molar-refractivity contribution in [2.75, 3.05) is 13.7 Å². The van der Waals surface area contributed by atoms with Crippen molar-refractivity contribution in [2.24, 2.45) is 0 Å². The number of imidazole rings is 1. The normalized spacial score (nSPS) is 11.7. The minimum atomic E-state index is -0.865. The monoisotopic (exact) mass is 305 g/mol. The van der Waals surface area contributed by atoms with Crippen LogP contribution in [0.4, 0.5) is 5.82 Å². The molecule has 1 unspecified atom stereocenters. The molecule has 0 aliphatic rings. The van der Waals surface area contributed by atoms with E-state index in [0.29, 0.717) is 11.3 Å². The summed E-state index contributed by atoms with van der Waals surface area (Å²) in [5, 5.41) is 10.8. The number of hydrogen-bond donors (Lipinski definition) is 0. The molecule has 0 saturated carbocycles. The van der Waals surface area contributed by atoms with Crippen LogP contribution in [0.3, 0.4) is 0 Å². The summed E-state index contributed by atoms with van der Waals surface area (Å²) in [4.78, 5) is 26.1. The lowest BCUT2D eigenvalue weighted by Crippen LogP contribution is -2.22. The van der Waals surface area contributed by atoms with E-state index in [2.05, 4.69) is 4.98 Å². The molecular formula is C14H15N3O5. The van der Waals surface area contributed by atoms with Crippen molar-refractivity contribution >= 4 is 11.8 Å². The zero-order chi connectivity index (χ0) is 16.1. The van der Waals surface area contributed by atoms with Gasteiger partial charge in [-0.3, -0.25) is 4.57 Å². The minimum absolute atomic E-state index is 0.204. The summed E-state index contributed by atoms with van der Waals surface area (Å²) < 4.78 is 11.5. The van der Waals surface area contributed by atoms with E-state index in [-0.39, 0.29) is 12.4 Å². The number of carbonyl (C=O) groups is 1. The number of nitro groups is 1. The maximum atomic E-state index is 12.2. The van der Waals surface area contributed by atoms with Crippen molar-refractivity contribution in [3.05, 3.63) is 52.5 Å². The second kappa shape index (κ2) is 6.70. The maximum absolute atomic E-state index is 12.2. The van der Waals surface area contributed by atoms with Crippen LogP contribution in [0.5, 0.6) is 5.75 Å². The highest BCUT2D eigenvalue weighted by atomic mass is 16.6. The first-order chi connectivity index (χ1) is 10.6. The van der Waals surface area contributed by atoms with Crippen LogP contribution in [0.25, 0.3) is 0 Å². The Labute approximate surface area is 126 Å². The van der Waals surface area contributed by atoms with Gasteiger partial charge in [0.15, 0.2) is 6.04 Å². The standard InChI is InChI=1S/C14H15N3O5/c1-3-22-14(18)13(10-5-4-6-11(7-10)21-2)16-8-12(15-9-16)17(19)20/h4-9,13H,3H2,1-2H3. The van der Waals surface area contributed by atoms with Crippen LogP contribution < -0.4 is 4.74 Å². The Bertz CT molecular complexity index is 683. The van der Waals surface area contributed by atoms with Crippen molar-refractivity contribution in [2.45, 2.75) is 13.0 Å². The molecule has 0 aliphatic heterocycles. The van der Waals surface area contributed by atoms with Crippen LogP contribution in [0.15, 0.2) is 36.8 Å². The van der Waals surface area contributed by atoms with Crippen LogP contribution in [0, 0.1) is 10.1 Å². The smallest absolute Gasteiger partial charge is 0.381 e. The third-order valence-corrected chi connectivity index (χ3v) is 2.99. The summed E-state index contributed by atoms with van der Waals surface area (Å²) >= 11 is 0. The molecule has 2 aromatic rings. The number of rotatable bonds is 6. The van der Waals surface area contributed by atoms with Gasteiger partial charge in [0, 0.05) is 0 Å². The first-order valence-electron chi connectivity index (χ1n) is 6.55. The average molecular weight is 305 g/mol. The van der Waals surface area contributed by atoms with Crippen LogP contribution in [0.2, 0.25) is 0 Å². The largest absolute Gasteiger partial charge is 0.497 e. The zero-order valence-electron chi connectivity index (χ0n) is 12.1. The molecule has 1 atom stereocenters. The molecule has 116 valence electrons. The Balaban J connectivity index is 2.45. The second-order valence-electron chi connectivity index (χ2n) is 4.37. The summed E-state index contributed by atoms with van der Waals surface area (Å²) in [6.07, 6.45) is 2.43. The molecule has 0 aliphatic carbocycles. The number of ether oxygens (including phenoxy) is 2. The number of methoxy groups -OCH3 is 1. The van der Waals surface area contributed by atoms with E-state index < -0.39 is 16.9 Å². The van der Waals surface area contributed by atoms with Gasteiger partial charge in [-0.2, -0.15) is 0 Å². The number of esters is 1. The molecular weight excluding hydrogens is 290 g/mol. The predicted octanol–water partition coefficient (Wildman–Crippen LogP) is 1.95. The van der Waals surface area contributed by atoms with Gasteiger partial charge in [0.25, 0.3) is 0 Å². The quantitative estimate of drug-likeness (QED) is 0.460. The zero-order valence-corrected chi connectivity index (χ0v) is 12.1. The fourth-order valence-electron chi connectivity index (χ4n) is 2.02. The van der Waals surface area contributed by atoms with Crippen molar-refractivity contribution in [1.82, 2.24) is 9.55 Å². The van der Waals surface area contributed by atoms with Crippen molar-refractivity contribution in [3.8, 4) is 5.75 Å². The average Bonchev–Trinajstić information content (AvgIpc) is 2.98. The van der Waals surface area contributed by atoms with Gasteiger partial charge in [-0.05, 0) is 34.5 Å². The van der Waals surface area contributed by atoms with E-state index in [1.54, 1.807) is 31.2 Å². The highest BCUT2D eigenvalue weighted by Gasteiger charge is 2.27. The Morgan fingerprint density at radius 1 is 1.50 bits per heavy atom. The van der Waals surface area contributed by atoms with Gasteiger partial charge in [-0.25, -0.2) is 4.79 Å². The molecule has 0 fully saturated rings. The topological polar surface area (TPSA) is 96.5 Å². The molecule has 2 rings (SSSR count). The second-order valence-corrected chi connectivity index (χ2v) is 4.37. The van der Waals surface area contributed by atoms with Gasteiger partial charge < -0.3 is 19.6 Å². The van der Waals surface area contributed by atoms with Gasteiger partial charge in [-0.1, -0.05) is 12.1 Å². The van der Waals surface area contributed by atoms with Crippen LogP contribution in [-0.2, 0) is 9.53 Å². The molecule has 8 heteroatoms. The van der Waals surface area contributed by atoms with E-state index in [1.165, 1.54) is 24.2 Å². The molecule has 22 heavy (non-hydrogen) atoms. The summed E-state index contributed by atoms with van der Waals surface area (Å²) in [7, 11) is 1.51. The lowest BCUT2D eigenvalue weighted by atomic mass is 10.1. The van der Waals surface area contributed by atoms with Gasteiger partial charge in [0.2, 0.25) is 6.33 Å². The van der Waals surface area contributed by atoms with Gasteiger partial charge in [0.1, 0.15) is 11.9 Å². The number of hydrogen-bond acceptors (Lipinski definition) is 6. The summed E-state index contributed by atoms with van der Waals surface area (Å²) in [5.41, 5.74) is 0.588. The lowest BCUT2D eigenvalue weighted by molar-refractivity contribution is -0.389. The first kappa shape index (κ1) is 15.5. The summed E-state index contributed by atoms with van der Waals surface area (Å²) in [6, 6.07) is 5.99. The third kappa shape index (κ3) is 3.22. The Hall–Kier alpha value is -2.90. The molecule has 0 amide bonds. The number of nitrogens with zero attached hydrogens (tertiary/aromatic N) is 3. The number of aromatic nitrogens is 2. The molecule has 1 heterocycles. The van der Waals surface area contributed by atoms with Gasteiger partial charge >= 0.3 is 11.8 Å². The maximum Gasteiger partial charge on any atom is 0.381 e. The molecule has 1 aromatic carbocycles. The Morgan fingerprint density at radius 2 is 2.27 bits per heavy atom. The van der Waals surface area contributed by atoms with Gasteiger partial charge in [-0.15, -0.1) is 0 Å². The van der Waals surface area contributed by atoms with Crippen LogP contribution in [0.1, 0.15) is 18.5 Å². The SMILES string of the molecule is CCOC(=O)C(c1cccc(OC)c1)n1cnc([N+](=O)[O-])c1. The fraction of sp³-hybridized carbons (Fsp3) is 0.286. The van der Waals surface area contributed by atoms with Crippen molar-refractivity contribution < 1.29 is 19.2 Å².